The van der Waals surface area contributed by atoms with Crippen LogP contribution in [0.4, 0.5) is 5.69 Å². The lowest BCUT2D eigenvalue weighted by Crippen LogP contribution is -2.42. The predicted octanol–water partition coefficient (Wildman–Crippen LogP) is 2.41. The van der Waals surface area contributed by atoms with E-state index in [4.69, 9.17) is 4.74 Å². The van der Waals surface area contributed by atoms with Gasteiger partial charge in [0.15, 0.2) is 4.80 Å². The zero-order chi connectivity index (χ0) is 18.1. The maximum Gasteiger partial charge on any atom is 0.271 e. The molecule has 2 aromatic carbocycles. The first kappa shape index (κ1) is 17.3. The molecular formula is C19H16IN3O2S. The molecule has 0 atom stereocenters. The zero-order valence-corrected chi connectivity index (χ0v) is 17.0. The second-order valence-corrected chi connectivity index (χ2v) is 8.11. The molecule has 7 heteroatoms. The fourth-order valence-electron chi connectivity index (χ4n) is 2.78. The van der Waals surface area contributed by atoms with Crippen molar-refractivity contribution < 1.29 is 4.74 Å². The summed E-state index contributed by atoms with van der Waals surface area (Å²) >= 11 is 3.72. The van der Waals surface area contributed by atoms with E-state index in [1.54, 1.807) is 11.7 Å². The average Bonchev–Trinajstić information content (AvgIpc) is 2.98. The molecule has 0 unspecified atom stereocenters. The van der Waals surface area contributed by atoms with Crippen LogP contribution < -0.4 is 24.5 Å². The molecule has 1 aliphatic heterocycles. The number of rotatable bonds is 3. The number of hydrogen-bond acceptors (Lipinski definition) is 5. The van der Waals surface area contributed by atoms with Crippen LogP contribution in [0.15, 0.2) is 58.3 Å². The van der Waals surface area contributed by atoms with Crippen molar-refractivity contribution in [2.24, 2.45) is 4.99 Å². The van der Waals surface area contributed by atoms with Crippen molar-refractivity contribution in [1.29, 1.82) is 0 Å². The van der Waals surface area contributed by atoms with Gasteiger partial charge in [-0.1, -0.05) is 23.5 Å². The van der Waals surface area contributed by atoms with E-state index in [-0.39, 0.29) is 5.56 Å². The molecule has 0 spiro atoms. The molecule has 1 aromatic heterocycles. The highest BCUT2D eigenvalue weighted by Crippen LogP contribution is 2.17. The highest BCUT2D eigenvalue weighted by atomic mass is 127. The second kappa shape index (κ2) is 7.24. The van der Waals surface area contributed by atoms with E-state index in [9.17, 15) is 4.79 Å². The fourth-order valence-corrected chi connectivity index (χ4v) is 4.10. The van der Waals surface area contributed by atoms with Gasteiger partial charge in [0.25, 0.3) is 5.56 Å². The first-order valence-electron chi connectivity index (χ1n) is 8.04. The van der Waals surface area contributed by atoms with Gasteiger partial charge in [-0.3, -0.25) is 9.36 Å². The van der Waals surface area contributed by atoms with Crippen LogP contribution in [-0.4, -0.2) is 18.3 Å². The molecule has 0 saturated heterocycles. The third-order valence-electron chi connectivity index (χ3n) is 4.18. The number of fused-ring (bicyclic) bond motifs is 1. The van der Waals surface area contributed by atoms with E-state index in [1.807, 2.05) is 30.3 Å². The molecule has 4 rings (SSSR count). The van der Waals surface area contributed by atoms with Crippen molar-refractivity contribution in [1.82, 2.24) is 4.57 Å². The molecule has 26 heavy (non-hydrogen) atoms. The summed E-state index contributed by atoms with van der Waals surface area (Å²) in [6.45, 7) is 1.08. The van der Waals surface area contributed by atoms with E-state index in [0.717, 1.165) is 21.8 Å². The molecule has 0 N–H and O–H groups in total. The molecule has 132 valence electrons. The van der Waals surface area contributed by atoms with E-state index < -0.39 is 0 Å². The number of aromatic nitrogens is 1. The highest BCUT2D eigenvalue weighted by Gasteiger charge is 2.15. The van der Waals surface area contributed by atoms with Crippen LogP contribution in [-0.2, 0) is 6.67 Å². The quantitative estimate of drug-likeness (QED) is 0.545. The van der Waals surface area contributed by atoms with Gasteiger partial charge >= 0.3 is 0 Å². The number of anilines is 1. The standard InChI is InChI=1S/C19H16IN3O2S/c1-25-16-8-2-13(3-9-16)10-17-18(24)23-12-22(11-21-19(23)26-17)15-6-4-14(20)5-7-15/h2-10H,11-12H2,1H3/b17-10-. The van der Waals surface area contributed by atoms with Crippen LogP contribution >= 0.6 is 33.9 Å². The van der Waals surface area contributed by atoms with Crippen molar-refractivity contribution in [2.75, 3.05) is 18.7 Å². The first-order valence-corrected chi connectivity index (χ1v) is 9.94. The summed E-state index contributed by atoms with van der Waals surface area (Å²) in [6, 6.07) is 15.9. The minimum absolute atomic E-state index is 0.000204. The van der Waals surface area contributed by atoms with Gasteiger partial charge in [-0.2, -0.15) is 0 Å². The van der Waals surface area contributed by atoms with Crippen LogP contribution in [0.5, 0.6) is 5.75 Å². The van der Waals surface area contributed by atoms with Gasteiger partial charge in [0.1, 0.15) is 19.1 Å². The number of hydrogen-bond donors (Lipinski definition) is 0. The van der Waals surface area contributed by atoms with Gasteiger partial charge in [0.05, 0.1) is 11.6 Å². The van der Waals surface area contributed by atoms with Crippen LogP contribution in [0.1, 0.15) is 5.56 Å². The maximum atomic E-state index is 12.8. The fraction of sp³-hybridized carbons (Fsp3) is 0.158. The summed E-state index contributed by atoms with van der Waals surface area (Å²) in [5, 5.41) is 0. The monoisotopic (exact) mass is 477 g/mol. The summed E-state index contributed by atoms with van der Waals surface area (Å²) < 4.78 is 8.79. The molecular weight excluding hydrogens is 461 g/mol. The Morgan fingerprint density at radius 3 is 2.58 bits per heavy atom. The van der Waals surface area contributed by atoms with Crippen molar-refractivity contribution >= 4 is 45.7 Å². The first-order chi connectivity index (χ1) is 12.6. The Bertz CT molecular complexity index is 1100. The Labute approximate surface area is 168 Å². The van der Waals surface area contributed by atoms with Crippen LogP contribution in [0.2, 0.25) is 0 Å². The molecule has 5 nitrogen and oxygen atoms in total. The van der Waals surface area contributed by atoms with Crippen molar-refractivity contribution in [2.45, 2.75) is 6.67 Å². The van der Waals surface area contributed by atoms with Gasteiger partial charge in [-0.05, 0) is 70.6 Å². The third kappa shape index (κ3) is 3.41. The van der Waals surface area contributed by atoms with Gasteiger partial charge in [-0.25, -0.2) is 4.99 Å². The Morgan fingerprint density at radius 2 is 1.88 bits per heavy atom. The topological polar surface area (TPSA) is 46.8 Å². The molecule has 1 aliphatic rings. The van der Waals surface area contributed by atoms with Crippen molar-refractivity contribution in [3.63, 3.8) is 0 Å². The lowest BCUT2D eigenvalue weighted by atomic mass is 10.2. The van der Waals surface area contributed by atoms with Crippen molar-refractivity contribution in [3.8, 4) is 5.75 Å². The summed E-state index contributed by atoms with van der Waals surface area (Å²) in [6.07, 6.45) is 1.91. The van der Waals surface area contributed by atoms with Gasteiger partial charge in [0, 0.05) is 9.26 Å². The predicted molar refractivity (Wildman–Crippen MR) is 112 cm³/mol. The van der Waals surface area contributed by atoms with Gasteiger partial charge in [-0.15, -0.1) is 0 Å². The minimum atomic E-state index is -0.000204. The van der Waals surface area contributed by atoms with E-state index in [0.29, 0.717) is 17.9 Å². The Balaban J connectivity index is 1.67. The Kier molecular flexibility index (Phi) is 4.82. The average molecular weight is 477 g/mol. The van der Waals surface area contributed by atoms with Crippen LogP contribution in [0, 0.1) is 3.57 Å². The summed E-state index contributed by atoms with van der Waals surface area (Å²) in [7, 11) is 1.64. The number of methoxy groups -OCH3 is 1. The Morgan fingerprint density at radius 1 is 1.15 bits per heavy atom. The normalized spacial score (nSPS) is 14.1. The number of thiazole rings is 1. The Hall–Kier alpha value is -2.13. The molecule has 0 saturated carbocycles. The molecule has 0 radical (unpaired) electrons. The molecule has 0 amide bonds. The van der Waals surface area contributed by atoms with E-state index >= 15 is 0 Å². The number of halogens is 1. The maximum absolute atomic E-state index is 12.8. The summed E-state index contributed by atoms with van der Waals surface area (Å²) in [5.74, 6) is 0.799. The summed E-state index contributed by atoms with van der Waals surface area (Å²) in [4.78, 5) is 20.3. The lowest BCUT2D eigenvalue weighted by Gasteiger charge is -2.25. The van der Waals surface area contributed by atoms with Gasteiger partial charge in [0.2, 0.25) is 0 Å². The lowest BCUT2D eigenvalue weighted by molar-refractivity contribution is 0.415. The molecule has 2 heterocycles. The van der Waals surface area contributed by atoms with E-state index in [1.165, 1.54) is 14.9 Å². The van der Waals surface area contributed by atoms with E-state index in [2.05, 4.69) is 56.7 Å². The second-order valence-electron chi connectivity index (χ2n) is 5.86. The molecule has 0 fully saturated rings. The minimum Gasteiger partial charge on any atom is -0.497 e. The third-order valence-corrected chi connectivity index (χ3v) is 5.95. The van der Waals surface area contributed by atoms with Crippen LogP contribution in [0.25, 0.3) is 6.08 Å². The van der Waals surface area contributed by atoms with Crippen LogP contribution in [0.3, 0.4) is 0 Å². The largest absolute Gasteiger partial charge is 0.497 e. The zero-order valence-electron chi connectivity index (χ0n) is 14.1. The number of benzene rings is 2. The van der Waals surface area contributed by atoms with Gasteiger partial charge < -0.3 is 9.64 Å². The number of ether oxygens (including phenoxy) is 1. The van der Waals surface area contributed by atoms with Crippen molar-refractivity contribution in [3.05, 3.63) is 77.4 Å². The summed E-state index contributed by atoms with van der Waals surface area (Å²) in [5.41, 5.74) is 2.04. The number of nitrogens with zero attached hydrogens (tertiary/aromatic N) is 3. The highest BCUT2D eigenvalue weighted by molar-refractivity contribution is 14.1. The molecule has 0 aliphatic carbocycles. The smallest absolute Gasteiger partial charge is 0.271 e. The molecule has 3 aromatic rings. The SMILES string of the molecule is COc1ccc(/C=c2\sc3n(c2=O)CN(c2ccc(I)cc2)CN=3)cc1. The molecule has 0 bridgehead atoms.